The van der Waals surface area contributed by atoms with Gasteiger partial charge >= 0.3 is 0 Å². The second-order valence-electron chi connectivity index (χ2n) is 5.06. The van der Waals surface area contributed by atoms with Crippen molar-refractivity contribution in [2.24, 2.45) is 5.73 Å². The number of hydrogen-bond acceptors (Lipinski definition) is 3. The Labute approximate surface area is 116 Å². The summed E-state index contributed by atoms with van der Waals surface area (Å²) in [4.78, 5) is 2.33. The molecule has 0 saturated heterocycles. The quantitative estimate of drug-likeness (QED) is 0.769. The van der Waals surface area contributed by atoms with Crippen LogP contribution in [0, 0.1) is 6.92 Å². The van der Waals surface area contributed by atoms with Crippen molar-refractivity contribution in [2.45, 2.75) is 32.7 Å². The lowest BCUT2D eigenvalue weighted by atomic mass is 10.0. The minimum Gasteiger partial charge on any atom is -0.375 e. The van der Waals surface area contributed by atoms with Crippen LogP contribution in [0.1, 0.15) is 24.5 Å². The van der Waals surface area contributed by atoms with E-state index in [0.29, 0.717) is 0 Å². The minimum atomic E-state index is 0.230. The summed E-state index contributed by atoms with van der Waals surface area (Å²) >= 11 is 1.91. The third-order valence-corrected chi connectivity index (χ3v) is 3.85. The van der Waals surface area contributed by atoms with Crippen molar-refractivity contribution in [1.82, 2.24) is 0 Å². The van der Waals surface area contributed by atoms with Gasteiger partial charge < -0.3 is 10.6 Å². The number of rotatable bonds is 7. The molecule has 1 rings (SSSR count). The third kappa shape index (κ3) is 4.91. The van der Waals surface area contributed by atoms with E-state index in [2.05, 4.69) is 50.2 Å². The second-order valence-corrected chi connectivity index (χ2v) is 6.05. The van der Waals surface area contributed by atoms with Gasteiger partial charge in [-0.25, -0.2) is 0 Å². The van der Waals surface area contributed by atoms with Crippen LogP contribution in [0.25, 0.3) is 0 Å². The number of thioether (sulfide) groups is 1. The summed E-state index contributed by atoms with van der Waals surface area (Å²) in [5, 5.41) is 0. The van der Waals surface area contributed by atoms with Gasteiger partial charge in [-0.2, -0.15) is 11.8 Å². The van der Waals surface area contributed by atoms with E-state index in [-0.39, 0.29) is 6.04 Å². The molecule has 0 spiro atoms. The van der Waals surface area contributed by atoms with Crippen LogP contribution >= 0.6 is 11.8 Å². The molecule has 0 saturated carbocycles. The molecule has 1 atom stereocenters. The van der Waals surface area contributed by atoms with Gasteiger partial charge in [0.25, 0.3) is 0 Å². The maximum Gasteiger partial charge on any atom is 0.0366 e. The SMILES string of the molecule is CSCCCN(C)c1ccc(CC(C)N)c(C)c1. The van der Waals surface area contributed by atoms with E-state index < -0.39 is 0 Å². The highest BCUT2D eigenvalue weighted by molar-refractivity contribution is 7.98. The van der Waals surface area contributed by atoms with Crippen LogP contribution in [0.3, 0.4) is 0 Å². The zero-order valence-electron chi connectivity index (χ0n) is 12.1. The summed E-state index contributed by atoms with van der Waals surface area (Å²) in [6.45, 7) is 5.35. The smallest absolute Gasteiger partial charge is 0.0366 e. The number of aryl methyl sites for hydroxylation is 1. The molecule has 1 aromatic rings. The second kappa shape index (κ2) is 7.70. The molecule has 2 nitrogen and oxygen atoms in total. The molecular formula is C15H26N2S. The third-order valence-electron chi connectivity index (χ3n) is 3.15. The van der Waals surface area contributed by atoms with Gasteiger partial charge in [0.15, 0.2) is 0 Å². The summed E-state index contributed by atoms with van der Waals surface area (Å²) in [6, 6.07) is 6.94. The fourth-order valence-corrected chi connectivity index (χ4v) is 2.49. The zero-order valence-corrected chi connectivity index (χ0v) is 12.9. The molecule has 0 fully saturated rings. The molecule has 0 radical (unpaired) electrons. The normalized spacial score (nSPS) is 12.5. The molecule has 0 aromatic heterocycles. The standard InChI is InChI=1S/C15H26N2S/c1-12-10-15(17(3)8-5-9-18-4)7-6-14(12)11-13(2)16/h6-7,10,13H,5,8-9,11,16H2,1-4H3. The van der Waals surface area contributed by atoms with E-state index in [1.807, 2.05) is 11.8 Å². The molecule has 2 N–H and O–H groups in total. The van der Waals surface area contributed by atoms with Crippen LogP contribution in [0.2, 0.25) is 0 Å². The first kappa shape index (κ1) is 15.4. The summed E-state index contributed by atoms with van der Waals surface area (Å²) in [5.74, 6) is 1.23. The fourth-order valence-electron chi connectivity index (χ4n) is 2.07. The number of hydrogen-bond donors (Lipinski definition) is 1. The average molecular weight is 266 g/mol. The van der Waals surface area contributed by atoms with Crippen LogP contribution in [0.5, 0.6) is 0 Å². The lowest BCUT2D eigenvalue weighted by Gasteiger charge is -2.21. The summed E-state index contributed by atoms with van der Waals surface area (Å²) in [7, 11) is 2.17. The van der Waals surface area contributed by atoms with Crippen molar-refractivity contribution in [3.63, 3.8) is 0 Å². The van der Waals surface area contributed by atoms with Crippen LogP contribution < -0.4 is 10.6 Å². The molecule has 0 amide bonds. The highest BCUT2D eigenvalue weighted by Crippen LogP contribution is 2.19. The highest BCUT2D eigenvalue weighted by Gasteiger charge is 2.05. The van der Waals surface area contributed by atoms with Crippen molar-refractivity contribution in [3.8, 4) is 0 Å². The molecule has 0 aliphatic heterocycles. The maximum absolute atomic E-state index is 5.86. The van der Waals surface area contributed by atoms with E-state index in [1.165, 1.54) is 29.0 Å². The predicted molar refractivity (Wildman–Crippen MR) is 84.8 cm³/mol. The van der Waals surface area contributed by atoms with Gasteiger partial charge in [0.1, 0.15) is 0 Å². The van der Waals surface area contributed by atoms with Gasteiger partial charge in [0.2, 0.25) is 0 Å². The molecule has 0 heterocycles. The lowest BCUT2D eigenvalue weighted by Crippen LogP contribution is -2.20. The molecule has 3 heteroatoms. The molecule has 1 aromatic carbocycles. The average Bonchev–Trinajstić information content (AvgIpc) is 2.31. The largest absolute Gasteiger partial charge is 0.375 e. The first-order valence-electron chi connectivity index (χ1n) is 6.59. The van der Waals surface area contributed by atoms with Crippen molar-refractivity contribution < 1.29 is 0 Å². The van der Waals surface area contributed by atoms with E-state index >= 15 is 0 Å². The topological polar surface area (TPSA) is 29.3 Å². The number of benzene rings is 1. The Balaban J connectivity index is 2.65. The van der Waals surface area contributed by atoms with Crippen molar-refractivity contribution in [3.05, 3.63) is 29.3 Å². The molecule has 102 valence electrons. The zero-order chi connectivity index (χ0) is 13.5. The molecule has 1 unspecified atom stereocenters. The van der Waals surface area contributed by atoms with Gasteiger partial charge in [0.05, 0.1) is 0 Å². The number of anilines is 1. The van der Waals surface area contributed by atoms with E-state index in [0.717, 1.165) is 13.0 Å². The van der Waals surface area contributed by atoms with Gasteiger partial charge in [-0.15, -0.1) is 0 Å². The molecule has 0 bridgehead atoms. The van der Waals surface area contributed by atoms with E-state index in [4.69, 9.17) is 5.73 Å². The van der Waals surface area contributed by atoms with Gasteiger partial charge in [-0.1, -0.05) is 6.07 Å². The molecule has 18 heavy (non-hydrogen) atoms. The Bertz CT molecular complexity index is 364. The Morgan fingerprint density at radius 2 is 2.11 bits per heavy atom. The molecule has 0 aliphatic carbocycles. The Kier molecular flexibility index (Phi) is 6.58. The number of nitrogens with two attached hydrogens (primary N) is 1. The van der Waals surface area contributed by atoms with Crippen LogP contribution in [0.4, 0.5) is 5.69 Å². The van der Waals surface area contributed by atoms with Gasteiger partial charge in [0, 0.05) is 25.3 Å². The van der Waals surface area contributed by atoms with Gasteiger partial charge in [-0.3, -0.25) is 0 Å². The van der Waals surface area contributed by atoms with E-state index in [9.17, 15) is 0 Å². The minimum absolute atomic E-state index is 0.230. The van der Waals surface area contributed by atoms with E-state index in [1.54, 1.807) is 0 Å². The fraction of sp³-hybridized carbons (Fsp3) is 0.600. The summed E-state index contributed by atoms with van der Waals surface area (Å²) < 4.78 is 0. The predicted octanol–water partition coefficient (Wildman–Crippen LogP) is 3.07. The van der Waals surface area contributed by atoms with Crippen LogP contribution in [0.15, 0.2) is 18.2 Å². The van der Waals surface area contributed by atoms with Crippen LogP contribution in [-0.4, -0.2) is 31.6 Å². The van der Waals surface area contributed by atoms with Crippen molar-refractivity contribution in [2.75, 3.05) is 30.5 Å². The Hall–Kier alpha value is -0.670. The highest BCUT2D eigenvalue weighted by atomic mass is 32.2. The summed E-state index contributed by atoms with van der Waals surface area (Å²) in [5.41, 5.74) is 9.88. The lowest BCUT2D eigenvalue weighted by molar-refractivity contribution is 0.734. The van der Waals surface area contributed by atoms with Crippen molar-refractivity contribution >= 4 is 17.4 Å². The van der Waals surface area contributed by atoms with Gasteiger partial charge in [-0.05, 0) is 62.0 Å². The molecule has 0 aliphatic rings. The van der Waals surface area contributed by atoms with Crippen LogP contribution in [-0.2, 0) is 6.42 Å². The first-order chi connectivity index (χ1) is 8.54. The first-order valence-corrected chi connectivity index (χ1v) is 7.99. The monoisotopic (exact) mass is 266 g/mol. The molecular weight excluding hydrogens is 240 g/mol. The number of nitrogens with zero attached hydrogens (tertiary/aromatic N) is 1. The Morgan fingerprint density at radius 1 is 1.39 bits per heavy atom. The Morgan fingerprint density at radius 3 is 2.67 bits per heavy atom. The van der Waals surface area contributed by atoms with Crippen molar-refractivity contribution in [1.29, 1.82) is 0 Å². The summed E-state index contributed by atoms with van der Waals surface area (Å²) in [6.07, 6.45) is 4.35. The maximum atomic E-state index is 5.86.